The first-order chi connectivity index (χ1) is 25.0. The number of hydrogen-bond donors (Lipinski definition) is 7. The lowest BCUT2D eigenvalue weighted by atomic mass is 9.94. The molecule has 0 aliphatic carbocycles. The predicted octanol–water partition coefficient (Wildman–Crippen LogP) is -4.77. The lowest BCUT2D eigenvalue weighted by Gasteiger charge is -2.39. The van der Waals surface area contributed by atoms with E-state index >= 15 is 0 Å². The first kappa shape index (κ1) is 42.4. The molecular weight excluding hydrogens is 712 g/mol. The van der Waals surface area contributed by atoms with E-state index in [2.05, 4.69) is 0 Å². The molecule has 0 aromatic heterocycles. The monoisotopic (exact) mass is 762 g/mol. The molecule has 21 nitrogen and oxygen atoms in total. The van der Waals surface area contributed by atoms with E-state index in [9.17, 15) is 59.4 Å². The van der Waals surface area contributed by atoms with Crippen LogP contribution in [0.5, 0.6) is 0 Å². The summed E-state index contributed by atoms with van der Waals surface area (Å²) >= 11 is 0. The zero-order valence-corrected chi connectivity index (χ0v) is 29.5. The van der Waals surface area contributed by atoms with Gasteiger partial charge in [0, 0.05) is 51.9 Å². The van der Waals surface area contributed by atoms with Gasteiger partial charge in [-0.3, -0.25) is 24.0 Å². The van der Waals surface area contributed by atoms with E-state index < -0.39 is 109 Å². The van der Waals surface area contributed by atoms with Gasteiger partial charge in [-0.15, -0.1) is 5.06 Å². The highest BCUT2D eigenvalue weighted by molar-refractivity contribution is 6.01. The van der Waals surface area contributed by atoms with Gasteiger partial charge >= 0.3 is 5.97 Å². The van der Waals surface area contributed by atoms with E-state index in [1.165, 1.54) is 23.6 Å². The Labute approximate surface area is 304 Å². The maximum Gasteiger partial charge on any atom is 0.333 e. The second-order valence-electron chi connectivity index (χ2n) is 13.6. The molecule has 53 heavy (non-hydrogen) atoms. The molecule has 300 valence electrons. The van der Waals surface area contributed by atoms with Crippen LogP contribution in [-0.4, -0.2) is 182 Å². The molecule has 0 saturated carbocycles. The van der Waals surface area contributed by atoms with Crippen molar-refractivity contribution in [3.8, 4) is 0 Å². The molecule has 21 heteroatoms. The minimum Gasteiger partial charge on any atom is -0.388 e. The zero-order valence-electron chi connectivity index (χ0n) is 29.5. The van der Waals surface area contributed by atoms with E-state index in [1.807, 2.05) is 0 Å². The number of likely N-dealkylation sites (tertiary alicyclic amines) is 1. The van der Waals surface area contributed by atoms with Crippen LogP contribution >= 0.6 is 0 Å². The predicted molar refractivity (Wildman–Crippen MR) is 172 cm³/mol. The van der Waals surface area contributed by atoms with E-state index in [-0.39, 0.29) is 77.9 Å². The third-order valence-electron chi connectivity index (χ3n) is 9.79. The average Bonchev–Trinajstić information content (AvgIpc) is 3.71. The molecule has 5 amide bonds. The van der Waals surface area contributed by atoms with Crippen LogP contribution in [0.25, 0.3) is 0 Å². The molecule has 4 aliphatic heterocycles. The topological polar surface area (TPSA) is 306 Å². The van der Waals surface area contributed by atoms with Crippen molar-refractivity contribution in [2.75, 3.05) is 39.4 Å². The summed E-state index contributed by atoms with van der Waals surface area (Å²) in [6.07, 6.45) is -13.5. The van der Waals surface area contributed by atoms with Gasteiger partial charge in [0.15, 0.2) is 12.6 Å². The number of carbonyl (C=O) groups excluding carboxylic acids is 6. The molecule has 0 unspecified atom stereocenters. The molecule has 4 rings (SSSR count). The number of ether oxygens (including phenoxy) is 4. The maximum atomic E-state index is 14.0. The quantitative estimate of drug-likeness (QED) is 0.0573. The van der Waals surface area contributed by atoms with Crippen LogP contribution < -0.4 is 5.73 Å². The third-order valence-corrected chi connectivity index (χ3v) is 9.79. The highest BCUT2D eigenvalue weighted by Gasteiger charge is 2.46. The number of hydroxylamine groups is 2. The van der Waals surface area contributed by atoms with Gasteiger partial charge in [0.1, 0.15) is 36.6 Å². The molecule has 0 spiro atoms. The lowest BCUT2D eigenvalue weighted by molar-refractivity contribution is -0.295. The van der Waals surface area contributed by atoms with Crippen LogP contribution in [-0.2, 0) is 52.6 Å². The van der Waals surface area contributed by atoms with Crippen molar-refractivity contribution in [2.45, 2.75) is 114 Å². The number of imide groups is 1. The normalized spacial score (nSPS) is 34.7. The summed E-state index contributed by atoms with van der Waals surface area (Å²) in [6, 6.07) is 0. The van der Waals surface area contributed by atoms with E-state index in [0.29, 0.717) is 5.06 Å². The van der Waals surface area contributed by atoms with Crippen LogP contribution in [0.4, 0.5) is 0 Å². The van der Waals surface area contributed by atoms with Crippen molar-refractivity contribution < 1.29 is 83.2 Å². The second-order valence-corrected chi connectivity index (χ2v) is 13.6. The SMILES string of the molecule is C[C@@H]1O[C@@H](OCCN(CCO[C@@H]2O[C@@H](C)[C@@H](O)[C@@H](O)[C@@H]2O)C(=O)[C@H]2CN(C(=O)CCCCC(=O)ON3C(=O)CCC3=O)C[C@H]2C(N)=O)[C@@H](O)[C@H](O)[C@@H]1O. The molecule has 8 N–H and O–H groups in total. The summed E-state index contributed by atoms with van der Waals surface area (Å²) in [6.45, 7) is 1.68. The Morgan fingerprint density at radius 1 is 0.736 bits per heavy atom. The number of aliphatic hydroxyl groups excluding tert-OH is 6. The highest BCUT2D eigenvalue weighted by atomic mass is 16.7. The fourth-order valence-electron chi connectivity index (χ4n) is 6.48. The van der Waals surface area contributed by atoms with Crippen molar-refractivity contribution in [1.29, 1.82) is 0 Å². The Balaban J connectivity index is 1.35. The molecule has 0 bridgehead atoms. The van der Waals surface area contributed by atoms with E-state index in [0.717, 1.165) is 0 Å². The summed E-state index contributed by atoms with van der Waals surface area (Å²) < 4.78 is 22.1. The largest absolute Gasteiger partial charge is 0.388 e. The van der Waals surface area contributed by atoms with Crippen molar-refractivity contribution in [3.05, 3.63) is 0 Å². The van der Waals surface area contributed by atoms with Gasteiger partial charge < -0.3 is 70.0 Å². The average molecular weight is 763 g/mol. The van der Waals surface area contributed by atoms with Gasteiger partial charge in [0.2, 0.25) is 17.7 Å². The number of aliphatic hydroxyl groups is 6. The van der Waals surface area contributed by atoms with E-state index in [4.69, 9.17) is 29.5 Å². The minimum absolute atomic E-state index is 0.0447. The molecular formula is C32H50N4O17. The summed E-state index contributed by atoms with van der Waals surface area (Å²) in [7, 11) is 0. The Hall–Kier alpha value is -3.38. The number of nitrogens with two attached hydrogens (primary N) is 1. The molecule has 4 saturated heterocycles. The molecule has 4 fully saturated rings. The van der Waals surface area contributed by atoms with Crippen LogP contribution in [0.1, 0.15) is 52.4 Å². The molecule has 12 atom stereocenters. The zero-order chi connectivity index (χ0) is 39.1. The van der Waals surface area contributed by atoms with Gasteiger partial charge in [-0.25, -0.2) is 4.79 Å². The van der Waals surface area contributed by atoms with Gasteiger partial charge in [0.05, 0.1) is 37.3 Å². The van der Waals surface area contributed by atoms with Gasteiger partial charge in [0.25, 0.3) is 11.8 Å². The Bertz CT molecular complexity index is 1280. The minimum atomic E-state index is -1.61. The number of amides is 5. The Morgan fingerprint density at radius 2 is 1.21 bits per heavy atom. The molecule has 4 aliphatic rings. The molecule has 0 aromatic carbocycles. The van der Waals surface area contributed by atoms with Crippen molar-refractivity contribution in [2.24, 2.45) is 17.6 Å². The Morgan fingerprint density at radius 3 is 1.70 bits per heavy atom. The van der Waals surface area contributed by atoms with Crippen LogP contribution in [0.15, 0.2) is 0 Å². The lowest BCUT2D eigenvalue weighted by Crippen LogP contribution is -2.58. The number of nitrogens with zero attached hydrogens (tertiary/aromatic N) is 3. The highest BCUT2D eigenvalue weighted by Crippen LogP contribution is 2.28. The van der Waals surface area contributed by atoms with Crippen LogP contribution in [0, 0.1) is 11.8 Å². The first-order valence-corrected chi connectivity index (χ1v) is 17.6. The second kappa shape index (κ2) is 18.8. The summed E-state index contributed by atoms with van der Waals surface area (Å²) in [5, 5.41) is 61.3. The summed E-state index contributed by atoms with van der Waals surface area (Å²) in [4.78, 5) is 82.3. The first-order valence-electron chi connectivity index (χ1n) is 17.6. The van der Waals surface area contributed by atoms with E-state index in [1.54, 1.807) is 0 Å². The number of carbonyl (C=O) groups is 6. The summed E-state index contributed by atoms with van der Waals surface area (Å²) in [5.74, 6) is -6.08. The van der Waals surface area contributed by atoms with Gasteiger partial charge in [-0.2, -0.15) is 0 Å². The summed E-state index contributed by atoms with van der Waals surface area (Å²) in [5.41, 5.74) is 5.65. The van der Waals surface area contributed by atoms with Crippen molar-refractivity contribution in [3.63, 3.8) is 0 Å². The number of hydrogen-bond acceptors (Lipinski definition) is 17. The molecule has 4 heterocycles. The Kier molecular flexibility index (Phi) is 15.0. The van der Waals surface area contributed by atoms with Crippen molar-refractivity contribution in [1.82, 2.24) is 14.9 Å². The maximum absolute atomic E-state index is 14.0. The van der Waals surface area contributed by atoms with Gasteiger partial charge in [-0.05, 0) is 26.7 Å². The number of primary amides is 1. The third kappa shape index (κ3) is 10.4. The molecule has 0 aromatic rings. The number of unbranched alkanes of at least 4 members (excludes halogenated alkanes) is 1. The fraction of sp³-hybridized carbons (Fsp3) is 0.812. The van der Waals surface area contributed by atoms with Crippen LogP contribution in [0.2, 0.25) is 0 Å². The molecule has 0 radical (unpaired) electrons. The number of rotatable bonds is 16. The smallest absolute Gasteiger partial charge is 0.333 e. The fourth-order valence-corrected chi connectivity index (χ4v) is 6.48. The van der Waals surface area contributed by atoms with Gasteiger partial charge in [-0.1, -0.05) is 0 Å². The van der Waals surface area contributed by atoms with Crippen molar-refractivity contribution >= 4 is 35.5 Å². The standard InChI is InChI=1S/C32H50N4O17/c1-15-23(41)25(43)27(45)31(51-15)49-11-9-34(10-12-50-32-28(46)26(44)24(42)16(2)52-32)30(48)18-14-35(13-17(18)29(33)47)19(37)5-3-4-6-22(40)53-36-20(38)7-8-21(36)39/h15-18,23-28,31-32,41-46H,3-14H2,1-2H3,(H2,33,47)/t15-,16-,17+,18-,23+,24+,25+,26+,27-,28-,31+,32+/m0/s1. The van der Waals surface area contributed by atoms with Crippen LogP contribution in [0.3, 0.4) is 0 Å².